The third-order valence-corrected chi connectivity index (χ3v) is 3.81. The van der Waals surface area contributed by atoms with Crippen LogP contribution >= 0.6 is 0 Å². The van der Waals surface area contributed by atoms with Crippen LogP contribution in [0, 0.1) is 17.0 Å². The third-order valence-electron chi connectivity index (χ3n) is 3.81. The lowest BCUT2D eigenvalue weighted by atomic mass is 10.2. The van der Waals surface area contributed by atoms with Gasteiger partial charge in [0, 0.05) is 33.0 Å². The molecule has 0 aliphatic rings. The first-order chi connectivity index (χ1) is 12.6. The van der Waals surface area contributed by atoms with Crippen molar-refractivity contribution >= 4 is 23.0 Å². The zero-order valence-corrected chi connectivity index (χ0v) is 15.1. The molecule has 9 nitrogen and oxygen atoms in total. The maximum absolute atomic E-state index is 11.8. The van der Waals surface area contributed by atoms with Crippen molar-refractivity contribution < 1.29 is 14.4 Å². The zero-order valence-electron chi connectivity index (χ0n) is 15.1. The third kappa shape index (κ3) is 4.87. The molecule has 0 saturated carbocycles. The molecule has 0 amide bonds. The Bertz CT molecular complexity index is 733. The van der Waals surface area contributed by atoms with E-state index in [2.05, 4.69) is 15.3 Å². The molecule has 26 heavy (non-hydrogen) atoms. The van der Waals surface area contributed by atoms with Crippen LogP contribution in [-0.2, 0) is 9.47 Å². The Hall–Kier alpha value is -2.78. The number of methoxy groups -OCH3 is 2. The van der Waals surface area contributed by atoms with Gasteiger partial charge in [0.25, 0.3) is 0 Å². The number of rotatable bonds is 10. The van der Waals surface area contributed by atoms with E-state index in [4.69, 9.17) is 9.47 Å². The number of para-hydroxylation sites is 1. The normalized spacial score (nSPS) is 10.6. The Morgan fingerprint density at radius 1 is 1.15 bits per heavy atom. The summed E-state index contributed by atoms with van der Waals surface area (Å²) in [4.78, 5) is 21.3. The van der Waals surface area contributed by atoms with Crippen molar-refractivity contribution in [2.75, 3.05) is 50.7 Å². The number of nitrogens with one attached hydrogen (secondary N) is 1. The van der Waals surface area contributed by atoms with Gasteiger partial charge in [-0.1, -0.05) is 18.2 Å². The Morgan fingerprint density at radius 2 is 1.81 bits per heavy atom. The van der Waals surface area contributed by atoms with Crippen molar-refractivity contribution in [3.63, 3.8) is 0 Å². The molecule has 1 N–H and O–H groups in total. The lowest BCUT2D eigenvalue weighted by Gasteiger charge is -2.23. The summed E-state index contributed by atoms with van der Waals surface area (Å²) in [5.41, 5.74) is 1.53. The number of aromatic nitrogens is 2. The van der Waals surface area contributed by atoms with Crippen LogP contribution in [0.2, 0.25) is 0 Å². The number of anilines is 3. The van der Waals surface area contributed by atoms with Crippen LogP contribution in [0.25, 0.3) is 0 Å². The SMILES string of the molecule is COCCN(CCOC)c1ncnc(Nc2ccccc2C)c1[N+](=O)[O-]. The van der Waals surface area contributed by atoms with Crippen molar-refractivity contribution in [1.29, 1.82) is 0 Å². The molecule has 0 unspecified atom stereocenters. The number of benzene rings is 1. The number of aryl methyl sites for hydroxylation is 1. The molecule has 0 bridgehead atoms. The molecule has 1 aromatic carbocycles. The van der Waals surface area contributed by atoms with Gasteiger partial charge in [-0.15, -0.1) is 0 Å². The fourth-order valence-electron chi connectivity index (χ4n) is 2.43. The van der Waals surface area contributed by atoms with Gasteiger partial charge >= 0.3 is 5.69 Å². The highest BCUT2D eigenvalue weighted by Gasteiger charge is 2.27. The average Bonchev–Trinajstić information content (AvgIpc) is 2.63. The summed E-state index contributed by atoms with van der Waals surface area (Å²) < 4.78 is 10.2. The Balaban J connectivity index is 2.42. The van der Waals surface area contributed by atoms with E-state index >= 15 is 0 Å². The van der Waals surface area contributed by atoms with Crippen LogP contribution in [-0.4, -0.2) is 55.4 Å². The van der Waals surface area contributed by atoms with Gasteiger partial charge < -0.3 is 19.7 Å². The van der Waals surface area contributed by atoms with Crippen LogP contribution in [0.15, 0.2) is 30.6 Å². The van der Waals surface area contributed by atoms with Gasteiger partial charge in [0.1, 0.15) is 6.33 Å². The summed E-state index contributed by atoms with van der Waals surface area (Å²) in [6.07, 6.45) is 1.32. The first-order valence-electron chi connectivity index (χ1n) is 8.13. The van der Waals surface area contributed by atoms with E-state index in [9.17, 15) is 10.1 Å². The van der Waals surface area contributed by atoms with Crippen LogP contribution in [0.3, 0.4) is 0 Å². The molecule has 0 spiro atoms. The molecule has 0 aliphatic heterocycles. The van der Waals surface area contributed by atoms with E-state index in [0.29, 0.717) is 26.3 Å². The molecule has 2 aromatic rings. The van der Waals surface area contributed by atoms with Gasteiger partial charge in [-0.05, 0) is 18.6 Å². The molecular weight excluding hydrogens is 338 g/mol. The standard InChI is InChI=1S/C17H23N5O4/c1-13-6-4-5-7-14(13)20-16-15(22(23)24)17(19-12-18-16)21(8-10-25-2)9-11-26-3/h4-7,12H,8-11H2,1-3H3,(H,18,19,20). The van der Waals surface area contributed by atoms with Crippen molar-refractivity contribution in [3.8, 4) is 0 Å². The van der Waals surface area contributed by atoms with Gasteiger partial charge in [0.15, 0.2) is 0 Å². The van der Waals surface area contributed by atoms with Gasteiger partial charge in [0.2, 0.25) is 11.6 Å². The minimum atomic E-state index is -0.470. The van der Waals surface area contributed by atoms with E-state index in [-0.39, 0.29) is 17.3 Å². The van der Waals surface area contributed by atoms with Crippen LogP contribution in [0.5, 0.6) is 0 Å². The highest BCUT2D eigenvalue weighted by atomic mass is 16.6. The van der Waals surface area contributed by atoms with E-state index < -0.39 is 4.92 Å². The number of hydrogen-bond acceptors (Lipinski definition) is 8. The van der Waals surface area contributed by atoms with E-state index in [0.717, 1.165) is 11.3 Å². The molecule has 0 fully saturated rings. The van der Waals surface area contributed by atoms with E-state index in [1.165, 1.54) is 6.33 Å². The first kappa shape index (κ1) is 19.5. The highest BCUT2D eigenvalue weighted by Crippen LogP contribution is 2.34. The lowest BCUT2D eigenvalue weighted by Crippen LogP contribution is -2.32. The van der Waals surface area contributed by atoms with Crippen molar-refractivity contribution in [3.05, 3.63) is 46.3 Å². The molecule has 9 heteroatoms. The largest absolute Gasteiger partial charge is 0.383 e. The van der Waals surface area contributed by atoms with Crippen LogP contribution < -0.4 is 10.2 Å². The molecule has 1 heterocycles. The predicted molar refractivity (Wildman–Crippen MR) is 99.1 cm³/mol. The summed E-state index contributed by atoms with van der Waals surface area (Å²) in [5, 5.41) is 14.8. The summed E-state index contributed by atoms with van der Waals surface area (Å²) in [7, 11) is 3.15. The lowest BCUT2D eigenvalue weighted by molar-refractivity contribution is -0.383. The number of hydrogen-bond donors (Lipinski definition) is 1. The molecule has 0 aliphatic carbocycles. The van der Waals surface area contributed by atoms with Gasteiger partial charge in [-0.3, -0.25) is 10.1 Å². The van der Waals surface area contributed by atoms with E-state index in [1.54, 1.807) is 19.1 Å². The second kappa shape index (κ2) is 9.64. The van der Waals surface area contributed by atoms with Gasteiger partial charge in [-0.25, -0.2) is 9.97 Å². The number of ether oxygens (including phenoxy) is 2. The van der Waals surface area contributed by atoms with Crippen molar-refractivity contribution in [2.24, 2.45) is 0 Å². The quantitative estimate of drug-likeness (QED) is 0.509. The molecule has 1 aromatic heterocycles. The average molecular weight is 361 g/mol. The number of nitrogens with zero attached hydrogens (tertiary/aromatic N) is 4. The fourth-order valence-corrected chi connectivity index (χ4v) is 2.43. The van der Waals surface area contributed by atoms with Gasteiger partial charge in [-0.2, -0.15) is 0 Å². The molecule has 0 atom stereocenters. The molecular formula is C17H23N5O4. The van der Waals surface area contributed by atoms with Crippen molar-refractivity contribution in [1.82, 2.24) is 9.97 Å². The Morgan fingerprint density at radius 3 is 2.38 bits per heavy atom. The van der Waals surface area contributed by atoms with Crippen LogP contribution in [0.1, 0.15) is 5.56 Å². The Labute approximate surface area is 152 Å². The molecule has 2 rings (SSSR count). The molecule has 140 valence electrons. The minimum absolute atomic E-state index is 0.147. The summed E-state index contributed by atoms with van der Waals surface area (Å²) >= 11 is 0. The zero-order chi connectivity index (χ0) is 18.9. The topological polar surface area (TPSA) is 103 Å². The summed E-state index contributed by atoms with van der Waals surface area (Å²) in [6, 6.07) is 7.51. The maximum Gasteiger partial charge on any atom is 0.353 e. The van der Waals surface area contributed by atoms with Crippen molar-refractivity contribution in [2.45, 2.75) is 6.92 Å². The minimum Gasteiger partial charge on any atom is -0.383 e. The molecule has 0 radical (unpaired) electrons. The Kier molecular flexibility index (Phi) is 7.24. The number of nitro groups is 1. The smallest absolute Gasteiger partial charge is 0.353 e. The summed E-state index contributed by atoms with van der Waals surface area (Å²) in [5.74, 6) is 0.379. The van der Waals surface area contributed by atoms with Gasteiger partial charge in [0.05, 0.1) is 18.1 Å². The second-order valence-corrected chi connectivity index (χ2v) is 5.56. The highest BCUT2D eigenvalue weighted by molar-refractivity contribution is 5.75. The fraction of sp³-hybridized carbons (Fsp3) is 0.412. The first-order valence-corrected chi connectivity index (χ1v) is 8.13. The second-order valence-electron chi connectivity index (χ2n) is 5.56. The predicted octanol–water partition coefficient (Wildman–Crippen LogP) is 2.54. The van der Waals surface area contributed by atoms with Crippen LogP contribution in [0.4, 0.5) is 23.0 Å². The maximum atomic E-state index is 11.8. The molecule has 0 saturated heterocycles. The monoisotopic (exact) mass is 361 g/mol. The summed E-state index contributed by atoms with van der Waals surface area (Å²) in [6.45, 7) is 3.62. The van der Waals surface area contributed by atoms with E-state index in [1.807, 2.05) is 31.2 Å².